The number of carbonyl (C=O) groups excluding carboxylic acids is 3. The fourth-order valence-electron chi connectivity index (χ4n) is 2.51. The van der Waals surface area contributed by atoms with E-state index in [1.54, 1.807) is 17.9 Å². The molecule has 1 N–H and O–H groups in total. The maximum Gasteiger partial charge on any atom is 0.310 e. The van der Waals surface area contributed by atoms with Crippen LogP contribution in [0.5, 0.6) is 0 Å². The average Bonchev–Trinajstić information content (AvgIpc) is 2.97. The van der Waals surface area contributed by atoms with Gasteiger partial charge in [0.05, 0.1) is 12.5 Å². The molecule has 114 valence electrons. The summed E-state index contributed by atoms with van der Waals surface area (Å²) >= 11 is 0. The Bertz CT molecular complexity index is 550. The summed E-state index contributed by atoms with van der Waals surface area (Å²) in [5.74, 6) is -0.777. The van der Waals surface area contributed by atoms with Crippen molar-refractivity contribution >= 4 is 17.7 Å². The summed E-state index contributed by atoms with van der Waals surface area (Å²) < 4.78 is 5.02. The third kappa shape index (κ3) is 3.51. The molecule has 0 spiro atoms. The van der Waals surface area contributed by atoms with Gasteiger partial charge in [0.15, 0.2) is 5.78 Å². The Labute approximate surface area is 123 Å². The molecular weight excluding hydrogens is 272 g/mol. The van der Waals surface area contributed by atoms with Gasteiger partial charge in [0.25, 0.3) is 5.91 Å². The minimum absolute atomic E-state index is 0.0895. The van der Waals surface area contributed by atoms with Crippen LogP contribution in [0.1, 0.15) is 47.5 Å². The molecule has 1 aliphatic rings. The summed E-state index contributed by atoms with van der Waals surface area (Å²) in [6.07, 6.45) is 3.05. The molecule has 1 aromatic rings. The molecule has 2 rings (SSSR count). The number of aromatic nitrogens is 1. The number of hydrogen-bond acceptors (Lipinski definition) is 4. The zero-order valence-electron chi connectivity index (χ0n) is 12.3. The smallest absolute Gasteiger partial charge is 0.310 e. The monoisotopic (exact) mass is 292 g/mol. The highest BCUT2D eigenvalue weighted by atomic mass is 16.5. The Morgan fingerprint density at radius 1 is 1.43 bits per heavy atom. The number of hydrogen-bond donors (Lipinski definition) is 1. The number of aromatic amines is 1. The molecule has 0 unspecified atom stereocenters. The molecule has 0 saturated carbocycles. The lowest BCUT2D eigenvalue weighted by Gasteiger charge is -2.31. The SMILES string of the molecule is CCOC(=O)[C@H]1CCCN(C(=O)c2cc(C(C)=O)c[nH]2)C1. The van der Waals surface area contributed by atoms with E-state index in [-0.39, 0.29) is 23.6 Å². The maximum absolute atomic E-state index is 12.4. The lowest BCUT2D eigenvalue weighted by Crippen LogP contribution is -2.42. The maximum atomic E-state index is 12.4. The van der Waals surface area contributed by atoms with E-state index in [1.807, 2.05) is 0 Å². The fourth-order valence-corrected chi connectivity index (χ4v) is 2.51. The van der Waals surface area contributed by atoms with Crippen molar-refractivity contribution < 1.29 is 19.1 Å². The predicted octanol–water partition coefficient (Wildman–Crippen LogP) is 1.63. The Kier molecular flexibility index (Phi) is 4.77. The predicted molar refractivity (Wildman–Crippen MR) is 76.1 cm³/mol. The molecule has 0 bridgehead atoms. The first-order chi connectivity index (χ1) is 10.0. The van der Waals surface area contributed by atoms with Gasteiger partial charge < -0.3 is 14.6 Å². The van der Waals surface area contributed by atoms with Gasteiger partial charge in [0, 0.05) is 24.8 Å². The molecule has 0 radical (unpaired) electrons. The number of amides is 1. The summed E-state index contributed by atoms with van der Waals surface area (Å²) in [7, 11) is 0. The first-order valence-electron chi connectivity index (χ1n) is 7.18. The zero-order chi connectivity index (χ0) is 15.4. The third-order valence-electron chi connectivity index (χ3n) is 3.65. The largest absolute Gasteiger partial charge is 0.466 e. The highest BCUT2D eigenvalue weighted by Crippen LogP contribution is 2.20. The molecule has 1 saturated heterocycles. The first-order valence-corrected chi connectivity index (χ1v) is 7.18. The van der Waals surface area contributed by atoms with E-state index in [0.717, 1.165) is 12.8 Å². The van der Waals surface area contributed by atoms with Gasteiger partial charge in [-0.25, -0.2) is 0 Å². The second-order valence-electron chi connectivity index (χ2n) is 5.20. The highest BCUT2D eigenvalue weighted by Gasteiger charge is 2.30. The van der Waals surface area contributed by atoms with Crippen molar-refractivity contribution in [1.82, 2.24) is 9.88 Å². The normalized spacial score (nSPS) is 18.4. The number of ketones is 1. The van der Waals surface area contributed by atoms with Gasteiger partial charge in [-0.05, 0) is 32.8 Å². The van der Waals surface area contributed by atoms with E-state index in [4.69, 9.17) is 4.74 Å². The summed E-state index contributed by atoms with van der Waals surface area (Å²) in [4.78, 5) is 39.9. The number of nitrogens with one attached hydrogen (secondary N) is 1. The molecule has 0 aliphatic carbocycles. The summed E-state index contributed by atoms with van der Waals surface area (Å²) in [6.45, 7) is 4.55. The van der Waals surface area contributed by atoms with Crippen LogP contribution in [0.2, 0.25) is 0 Å². The molecule has 6 heteroatoms. The van der Waals surface area contributed by atoms with Gasteiger partial charge >= 0.3 is 5.97 Å². The Morgan fingerprint density at radius 3 is 2.81 bits per heavy atom. The third-order valence-corrected chi connectivity index (χ3v) is 3.65. The second kappa shape index (κ2) is 6.56. The minimum Gasteiger partial charge on any atom is -0.466 e. The number of Topliss-reactive ketones (excluding diaryl/α,β-unsaturated/α-hetero) is 1. The van der Waals surface area contributed by atoms with E-state index in [0.29, 0.717) is 31.0 Å². The number of nitrogens with zero attached hydrogens (tertiary/aromatic N) is 1. The minimum atomic E-state index is -0.259. The molecule has 0 aromatic carbocycles. The molecule has 21 heavy (non-hydrogen) atoms. The van der Waals surface area contributed by atoms with Gasteiger partial charge in [-0.2, -0.15) is 0 Å². The van der Waals surface area contributed by atoms with Crippen LogP contribution in [0.4, 0.5) is 0 Å². The van der Waals surface area contributed by atoms with Gasteiger partial charge in [-0.1, -0.05) is 0 Å². The van der Waals surface area contributed by atoms with Crippen LogP contribution >= 0.6 is 0 Å². The van der Waals surface area contributed by atoms with E-state index < -0.39 is 0 Å². The van der Waals surface area contributed by atoms with Crippen molar-refractivity contribution in [3.8, 4) is 0 Å². The zero-order valence-corrected chi connectivity index (χ0v) is 12.3. The van der Waals surface area contributed by atoms with Crippen LogP contribution in [-0.4, -0.2) is 47.2 Å². The standard InChI is InChI=1S/C15H20N2O4/c1-3-21-15(20)11-5-4-6-17(9-11)14(19)13-7-12(8-16-13)10(2)18/h7-8,11,16H,3-6,9H2,1-2H3/t11-/m0/s1. The van der Waals surface area contributed by atoms with Crippen molar-refractivity contribution in [3.63, 3.8) is 0 Å². The fraction of sp³-hybridized carbons (Fsp3) is 0.533. The molecule has 6 nitrogen and oxygen atoms in total. The Balaban J connectivity index is 2.04. The van der Waals surface area contributed by atoms with Crippen molar-refractivity contribution in [2.24, 2.45) is 5.92 Å². The molecule has 2 heterocycles. The lowest BCUT2D eigenvalue weighted by molar-refractivity contribution is -0.149. The van der Waals surface area contributed by atoms with Crippen LogP contribution in [-0.2, 0) is 9.53 Å². The molecule has 1 atom stereocenters. The van der Waals surface area contributed by atoms with Crippen molar-refractivity contribution in [1.29, 1.82) is 0 Å². The number of rotatable bonds is 4. The molecular formula is C15H20N2O4. The topological polar surface area (TPSA) is 79.5 Å². The number of ether oxygens (including phenoxy) is 1. The van der Waals surface area contributed by atoms with Crippen LogP contribution in [0.25, 0.3) is 0 Å². The van der Waals surface area contributed by atoms with Gasteiger partial charge in [0.2, 0.25) is 0 Å². The molecule has 1 aliphatic heterocycles. The summed E-state index contributed by atoms with van der Waals surface area (Å²) in [5, 5.41) is 0. The number of carbonyl (C=O) groups is 3. The summed E-state index contributed by atoms with van der Waals surface area (Å²) in [6, 6.07) is 1.55. The Morgan fingerprint density at radius 2 is 2.19 bits per heavy atom. The van der Waals surface area contributed by atoms with E-state index >= 15 is 0 Å². The molecule has 1 fully saturated rings. The number of H-pyrrole nitrogens is 1. The van der Waals surface area contributed by atoms with E-state index in [2.05, 4.69) is 4.98 Å². The van der Waals surface area contributed by atoms with Gasteiger partial charge in [-0.15, -0.1) is 0 Å². The van der Waals surface area contributed by atoms with E-state index in [1.165, 1.54) is 13.1 Å². The van der Waals surface area contributed by atoms with Crippen LogP contribution in [0, 0.1) is 5.92 Å². The van der Waals surface area contributed by atoms with Crippen LogP contribution in [0.15, 0.2) is 12.3 Å². The molecule has 1 aromatic heterocycles. The second-order valence-corrected chi connectivity index (χ2v) is 5.20. The van der Waals surface area contributed by atoms with Crippen molar-refractivity contribution in [3.05, 3.63) is 23.5 Å². The van der Waals surface area contributed by atoms with E-state index in [9.17, 15) is 14.4 Å². The van der Waals surface area contributed by atoms with Crippen LogP contribution in [0.3, 0.4) is 0 Å². The Hall–Kier alpha value is -2.11. The summed E-state index contributed by atoms with van der Waals surface area (Å²) in [5.41, 5.74) is 0.863. The lowest BCUT2D eigenvalue weighted by atomic mass is 9.98. The highest BCUT2D eigenvalue weighted by molar-refractivity contribution is 5.99. The van der Waals surface area contributed by atoms with Crippen molar-refractivity contribution in [2.45, 2.75) is 26.7 Å². The number of likely N-dealkylation sites (tertiary alicyclic amines) is 1. The average molecular weight is 292 g/mol. The van der Waals surface area contributed by atoms with Gasteiger partial charge in [-0.3, -0.25) is 14.4 Å². The molecule has 1 amide bonds. The number of esters is 1. The first kappa shape index (κ1) is 15.3. The van der Waals surface area contributed by atoms with Crippen molar-refractivity contribution in [2.75, 3.05) is 19.7 Å². The quantitative estimate of drug-likeness (QED) is 0.675. The van der Waals surface area contributed by atoms with Crippen LogP contribution < -0.4 is 0 Å². The number of piperidine rings is 1. The van der Waals surface area contributed by atoms with Gasteiger partial charge in [0.1, 0.15) is 5.69 Å².